The van der Waals surface area contributed by atoms with Crippen molar-refractivity contribution in [2.45, 2.75) is 38.6 Å². The quantitative estimate of drug-likeness (QED) is 0.451. The van der Waals surface area contributed by atoms with Gasteiger partial charge in [-0.15, -0.1) is 0 Å². The lowest BCUT2D eigenvalue weighted by Gasteiger charge is -2.29. The first-order chi connectivity index (χ1) is 16.9. The van der Waals surface area contributed by atoms with Crippen LogP contribution in [0, 0.1) is 5.92 Å². The number of nitrogens with one attached hydrogen (secondary N) is 2. The third-order valence-corrected chi connectivity index (χ3v) is 6.41. The molecular formula is C27H33N5O3. The van der Waals surface area contributed by atoms with E-state index in [9.17, 15) is 9.59 Å². The number of para-hydroxylation sites is 1. The van der Waals surface area contributed by atoms with Crippen LogP contribution in [0.4, 0.5) is 11.8 Å². The highest BCUT2D eigenvalue weighted by atomic mass is 16.5. The van der Waals surface area contributed by atoms with Gasteiger partial charge in [0.2, 0.25) is 5.95 Å². The third kappa shape index (κ3) is 6.47. The molecule has 1 aliphatic carbocycles. The molecule has 1 amide bonds. The van der Waals surface area contributed by atoms with Crippen LogP contribution in [0.3, 0.4) is 0 Å². The van der Waals surface area contributed by atoms with Crippen LogP contribution >= 0.6 is 0 Å². The first-order valence-corrected chi connectivity index (χ1v) is 12.1. The van der Waals surface area contributed by atoms with E-state index in [1.165, 1.54) is 6.92 Å². The molecule has 1 saturated carbocycles. The number of amides is 1. The van der Waals surface area contributed by atoms with Crippen molar-refractivity contribution in [3.8, 4) is 5.75 Å². The average molecular weight is 476 g/mol. The molecule has 2 N–H and O–H groups in total. The lowest BCUT2D eigenvalue weighted by Crippen LogP contribution is -2.36. The minimum Gasteiger partial charge on any atom is -0.484 e. The van der Waals surface area contributed by atoms with Gasteiger partial charge in [0.05, 0.1) is 5.52 Å². The van der Waals surface area contributed by atoms with Gasteiger partial charge in [-0.3, -0.25) is 9.59 Å². The van der Waals surface area contributed by atoms with Gasteiger partial charge in [0, 0.05) is 37.6 Å². The largest absolute Gasteiger partial charge is 0.484 e. The highest BCUT2D eigenvalue weighted by Crippen LogP contribution is 2.28. The van der Waals surface area contributed by atoms with Crippen molar-refractivity contribution in [2.75, 3.05) is 37.5 Å². The third-order valence-electron chi connectivity index (χ3n) is 6.41. The minimum absolute atomic E-state index is 0.00215. The topological polar surface area (TPSA) is 96.5 Å². The van der Waals surface area contributed by atoms with Crippen LogP contribution in [-0.4, -0.2) is 54.9 Å². The molecule has 35 heavy (non-hydrogen) atoms. The predicted octanol–water partition coefficient (Wildman–Crippen LogP) is 4.06. The Morgan fingerprint density at radius 3 is 2.40 bits per heavy atom. The Kier molecular flexibility index (Phi) is 7.80. The summed E-state index contributed by atoms with van der Waals surface area (Å²) in [6.45, 7) is 2.13. The molecule has 0 radical (unpaired) electrons. The Morgan fingerprint density at radius 2 is 1.71 bits per heavy atom. The molecule has 1 fully saturated rings. The summed E-state index contributed by atoms with van der Waals surface area (Å²) in [5.41, 5.74) is 1.55. The first-order valence-electron chi connectivity index (χ1n) is 12.1. The van der Waals surface area contributed by atoms with E-state index in [4.69, 9.17) is 14.7 Å². The number of nitrogens with zero attached hydrogens (tertiary/aromatic N) is 3. The maximum absolute atomic E-state index is 12.2. The van der Waals surface area contributed by atoms with Crippen molar-refractivity contribution >= 4 is 34.4 Å². The fourth-order valence-electron chi connectivity index (χ4n) is 4.40. The summed E-state index contributed by atoms with van der Waals surface area (Å²) in [5.74, 6) is 2.46. The normalized spacial score (nSPS) is 17.6. The highest BCUT2D eigenvalue weighted by molar-refractivity contribution is 5.94. The van der Waals surface area contributed by atoms with Crippen LogP contribution in [0.1, 0.15) is 43.0 Å². The Morgan fingerprint density at radius 1 is 1.00 bits per heavy atom. The van der Waals surface area contributed by atoms with E-state index in [0.29, 0.717) is 35.8 Å². The number of ether oxygens (including phenoxy) is 1. The van der Waals surface area contributed by atoms with Crippen LogP contribution in [0.25, 0.3) is 10.9 Å². The maximum atomic E-state index is 12.2. The molecule has 0 atom stereocenters. The highest BCUT2D eigenvalue weighted by Gasteiger charge is 2.23. The molecule has 1 aromatic heterocycles. The number of anilines is 2. The molecule has 1 aliphatic rings. The lowest BCUT2D eigenvalue weighted by molar-refractivity contribution is -0.123. The number of aromatic nitrogens is 2. The molecule has 184 valence electrons. The summed E-state index contributed by atoms with van der Waals surface area (Å²) < 4.78 is 5.53. The first kappa shape index (κ1) is 24.4. The number of hydrogen-bond acceptors (Lipinski definition) is 7. The SMILES string of the molecule is CC(=O)c1ccc(OCC(=O)NCC2CCC(Nc3nc(N(C)C)c4ccccc4n3)CC2)cc1. The second-order valence-corrected chi connectivity index (χ2v) is 9.32. The molecule has 3 aromatic rings. The van der Waals surface area contributed by atoms with Crippen LogP contribution in [0.15, 0.2) is 48.5 Å². The van der Waals surface area contributed by atoms with Crippen LogP contribution in [0.5, 0.6) is 5.75 Å². The summed E-state index contributed by atoms with van der Waals surface area (Å²) in [5, 5.41) is 7.56. The van der Waals surface area contributed by atoms with Gasteiger partial charge in [-0.05, 0) is 74.9 Å². The number of hydrogen-bond donors (Lipinski definition) is 2. The van der Waals surface area contributed by atoms with E-state index >= 15 is 0 Å². The molecule has 1 heterocycles. The molecule has 0 aliphatic heterocycles. The summed E-state index contributed by atoms with van der Waals surface area (Å²) in [4.78, 5) is 35.0. The Hall–Kier alpha value is -3.68. The van der Waals surface area contributed by atoms with Crippen molar-refractivity contribution in [3.05, 3.63) is 54.1 Å². The summed E-state index contributed by atoms with van der Waals surface area (Å²) >= 11 is 0. The predicted molar refractivity (Wildman–Crippen MR) is 138 cm³/mol. The summed E-state index contributed by atoms with van der Waals surface area (Å²) in [7, 11) is 3.99. The number of ketones is 1. The van der Waals surface area contributed by atoms with Gasteiger partial charge in [0.25, 0.3) is 5.91 Å². The summed E-state index contributed by atoms with van der Waals surface area (Å²) in [6, 6.07) is 15.2. The van der Waals surface area contributed by atoms with Crippen LogP contribution in [-0.2, 0) is 4.79 Å². The standard InChI is InChI=1S/C27H33N5O3/c1-18(33)20-10-14-22(15-11-20)35-17-25(34)28-16-19-8-12-21(13-9-19)29-27-30-24-7-5-4-6-23(24)26(31-27)32(2)3/h4-7,10-11,14-15,19,21H,8-9,12-13,16-17H2,1-3H3,(H,28,34)(H,29,30,31). The second-order valence-electron chi connectivity index (χ2n) is 9.32. The van der Waals surface area contributed by atoms with Crippen molar-refractivity contribution in [1.29, 1.82) is 0 Å². The molecule has 0 unspecified atom stereocenters. The lowest BCUT2D eigenvalue weighted by atomic mass is 9.86. The van der Waals surface area contributed by atoms with E-state index in [2.05, 4.69) is 10.6 Å². The molecule has 4 rings (SSSR count). The number of Topliss-reactive ketones (excluding diaryl/α,β-unsaturated/α-hetero) is 1. The fraction of sp³-hybridized carbons (Fsp3) is 0.407. The van der Waals surface area contributed by atoms with Crippen molar-refractivity contribution in [3.63, 3.8) is 0 Å². The molecule has 2 aromatic carbocycles. The van der Waals surface area contributed by atoms with Crippen LogP contribution < -0.4 is 20.3 Å². The molecule has 0 saturated heterocycles. The van der Waals surface area contributed by atoms with Crippen molar-refractivity contribution < 1.29 is 14.3 Å². The van der Waals surface area contributed by atoms with E-state index in [1.54, 1.807) is 24.3 Å². The smallest absolute Gasteiger partial charge is 0.257 e. The van der Waals surface area contributed by atoms with E-state index < -0.39 is 0 Å². The van der Waals surface area contributed by atoms with E-state index in [-0.39, 0.29) is 18.3 Å². The number of rotatable bonds is 9. The maximum Gasteiger partial charge on any atom is 0.257 e. The van der Waals surface area contributed by atoms with Gasteiger partial charge in [-0.1, -0.05) is 12.1 Å². The zero-order chi connectivity index (χ0) is 24.8. The van der Waals surface area contributed by atoms with Gasteiger partial charge in [0.15, 0.2) is 12.4 Å². The van der Waals surface area contributed by atoms with E-state index in [0.717, 1.165) is 42.4 Å². The molecule has 8 nitrogen and oxygen atoms in total. The molecule has 0 spiro atoms. The Balaban J connectivity index is 1.21. The number of fused-ring (bicyclic) bond motifs is 1. The molecular weight excluding hydrogens is 442 g/mol. The zero-order valence-corrected chi connectivity index (χ0v) is 20.6. The minimum atomic E-state index is -0.137. The zero-order valence-electron chi connectivity index (χ0n) is 20.6. The number of carbonyl (C=O) groups excluding carboxylic acids is 2. The second kappa shape index (κ2) is 11.2. The van der Waals surface area contributed by atoms with Crippen molar-refractivity contribution in [1.82, 2.24) is 15.3 Å². The van der Waals surface area contributed by atoms with Gasteiger partial charge in [-0.2, -0.15) is 4.98 Å². The Bertz CT molecular complexity index is 1170. The number of benzene rings is 2. The van der Waals surface area contributed by atoms with Crippen molar-refractivity contribution in [2.24, 2.45) is 5.92 Å². The molecule has 8 heteroatoms. The van der Waals surface area contributed by atoms with E-state index in [1.807, 2.05) is 43.3 Å². The molecule has 0 bridgehead atoms. The number of carbonyl (C=O) groups is 2. The summed E-state index contributed by atoms with van der Waals surface area (Å²) in [6.07, 6.45) is 4.07. The Labute approximate surface area is 206 Å². The fourth-order valence-corrected chi connectivity index (χ4v) is 4.40. The van der Waals surface area contributed by atoms with Crippen LogP contribution in [0.2, 0.25) is 0 Å². The van der Waals surface area contributed by atoms with Gasteiger partial charge < -0.3 is 20.3 Å². The average Bonchev–Trinajstić information content (AvgIpc) is 2.86. The van der Waals surface area contributed by atoms with Gasteiger partial charge in [-0.25, -0.2) is 4.98 Å². The monoisotopic (exact) mass is 475 g/mol. The van der Waals surface area contributed by atoms with Gasteiger partial charge in [0.1, 0.15) is 11.6 Å². The van der Waals surface area contributed by atoms with Gasteiger partial charge >= 0.3 is 0 Å².